The van der Waals surface area contributed by atoms with Crippen LogP contribution in [-0.2, 0) is 14.8 Å². The van der Waals surface area contributed by atoms with Crippen molar-refractivity contribution in [3.8, 4) is 11.5 Å². The van der Waals surface area contributed by atoms with E-state index < -0.39 is 22.0 Å². The second kappa shape index (κ2) is 8.96. The van der Waals surface area contributed by atoms with Crippen molar-refractivity contribution in [2.75, 3.05) is 23.3 Å². The van der Waals surface area contributed by atoms with Crippen LogP contribution in [0.15, 0.2) is 65.6 Å². The molecule has 1 unspecified atom stereocenters. The molecule has 33 heavy (non-hydrogen) atoms. The minimum Gasteiger partial charge on any atom is -0.497 e. The summed E-state index contributed by atoms with van der Waals surface area (Å²) in [5.74, 6) is 0.393. The van der Waals surface area contributed by atoms with Gasteiger partial charge in [-0.25, -0.2) is 8.42 Å². The second-order valence-corrected chi connectivity index (χ2v) is 10.0. The smallest absolute Gasteiger partial charge is 0.267 e. The zero-order chi connectivity index (χ0) is 23.8. The molecule has 0 spiro atoms. The number of nitrogens with zero attached hydrogens (tertiary/aromatic N) is 1. The quantitative estimate of drug-likeness (QED) is 0.571. The summed E-state index contributed by atoms with van der Waals surface area (Å²) in [7, 11) is -2.46. The predicted molar refractivity (Wildman–Crippen MR) is 128 cm³/mol. The molecule has 0 bridgehead atoms. The Morgan fingerprint density at radius 1 is 1.09 bits per heavy atom. The largest absolute Gasteiger partial charge is 0.497 e. The van der Waals surface area contributed by atoms with Crippen LogP contribution in [0.5, 0.6) is 11.5 Å². The Morgan fingerprint density at radius 3 is 2.52 bits per heavy atom. The summed E-state index contributed by atoms with van der Waals surface area (Å²) in [5, 5.41) is 3.28. The van der Waals surface area contributed by atoms with Crippen molar-refractivity contribution in [3.05, 3.63) is 76.8 Å². The highest BCUT2D eigenvalue weighted by Crippen LogP contribution is 2.38. The van der Waals surface area contributed by atoms with Gasteiger partial charge in [-0.2, -0.15) is 0 Å². The van der Waals surface area contributed by atoms with Crippen molar-refractivity contribution in [1.29, 1.82) is 0 Å². The first kappa shape index (κ1) is 22.9. The number of carbonyl (C=O) groups excluding carboxylic acids is 1. The van der Waals surface area contributed by atoms with Crippen LogP contribution >= 0.6 is 11.6 Å². The first-order chi connectivity index (χ1) is 15.7. The van der Waals surface area contributed by atoms with Crippen LogP contribution in [0.4, 0.5) is 11.4 Å². The molecular formula is C24H23ClN2O5S. The van der Waals surface area contributed by atoms with Gasteiger partial charge in [-0.3, -0.25) is 9.10 Å². The molecule has 1 aliphatic heterocycles. The lowest BCUT2D eigenvalue weighted by Gasteiger charge is -2.35. The Bertz CT molecular complexity index is 1310. The predicted octanol–water partition coefficient (Wildman–Crippen LogP) is 4.56. The number of carbonyl (C=O) groups is 1. The summed E-state index contributed by atoms with van der Waals surface area (Å²) in [6, 6.07) is 16.5. The minimum absolute atomic E-state index is 0.0848. The van der Waals surface area contributed by atoms with Gasteiger partial charge in [0.15, 0.2) is 6.10 Å². The molecule has 0 fully saturated rings. The summed E-state index contributed by atoms with van der Waals surface area (Å²) < 4.78 is 39.4. The van der Waals surface area contributed by atoms with E-state index in [-0.39, 0.29) is 11.4 Å². The number of sulfonamides is 1. The first-order valence-corrected chi connectivity index (χ1v) is 12.0. The fraction of sp³-hybridized carbons (Fsp3) is 0.208. The fourth-order valence-corrected chi connectivity index (χ4v) is 5.19. The van der Waals surface area contributed by atoms with Crippen molar-refractivity contribution < 1.29 is 22.7 Å². The van der Waals surface area contributed by atoms with Gasteiger partial charge in [0.2, 0.25) is 0 Å². The molecule has 9 heteroatoms. The zero-order valence-electron chi connectivity index (χ0n) is 18.3. The third kappa shape index (κ3) is 4.62. The topological polar surface area (TPSA) is 84.9 Å². The van der Waals surface area contributed by atoms with E-state index in [4.69, 9.17) is 21.1 Å². The normalized spacial score (nSPS) is 15.4. The standard InChI is InChI=1S/C24H23ClN2O5S/c1-15-4-11-21-22(12-15)32-23(24(28)26-20-13-17(25)6-5-16(20)2)14-27(21)33(29,30)19-9-7-18(31-3)8-10-19/h4-13,23H,14H2,1-3H3,(H,26,28). The molecule has 4 rings (SSSR count). The highest BCUT2D eigenvalue weighted by atomic mass is 35.5. The van der Waals surface area contributed by atoms with Crippen LogP contribution in [0.3, 0.4) is 0 Å². The number of amides is 1. The molecule has 1 aliphatic rings. The number of hydrogen-bond acceptors (Lipinski definition) is 5. The molecule has 1 amide bonds. The van der Waals surface area contributed by atoms with Gasteiger partial charge in [0, 0.05) is 10.7 Å². The molecule has 0 saturated heterocycles. The van der Waals surface area contributed by atoms with E-state index in [9.17, 15) is 13.2 Å². The van der Waals surface area contributed by atoms with E-state index >= 15 is 0 Å². The summed E-state index contributed by atoms with van der Waals surface area (Å²) >= 11 is 6.06. The number of benzene rings is 3. The summed E-state index contributed by atoms with van der Waals surface area (Å²) in [4.78, 5) is 13.2. The number of fused-ring (bicyclic) bond motifs is 1. The molecule has 3 aromatic rings. The Hall–Kier alpha value is -3.23. The van der Waals surface area contributed by atoms with Gasteiger partial charge in [-0.05, 0) is 73.5 Å². The van der Waals surface area contributed by atoms with Gasteiger partial charge in [0.25, 0.3) is 15.9 Å². The second-order valence-electron chi connectivity index (χ2n) is 7.74. The van der Waals surface area contributed by atoms with E-state index in [1.165, 1.54) is 23.5 Å². The molecular weight excluding hydrogens is 464 g/mol. The summed E-state index contributed by atoms with van der Waals surface area (Å²) in [5.41, 5.74) is 2.61. The number of anilines is 2. The molecule has 0 saturated carbocycles. The summed E-state index contributed by atoms with van der Waals surface area (Å²) in [6.45, 7) is 3.52. The van der Waals surface area contributed by atoms with Gasteiger partial charge in [-0.15, -0.1) is 0 Å². The van der Waals surface area contributed by atoms with Crippen LogP contribution in [0.25, 0.3) is 0 Å². The SMILES string of the molecule is COc1ccc(S(=O)(=O)N2CC(C(=O)Nc3cc(Cl)ccc3C)Oc3cc(C)ccc32)cc1. The maximum atomic E-state index is 13.5. The molecule has 1 N–H and O–H groups in total. The maximum Gasteiger partial charge on any atom is 0.267 e. The lowest BCUT2D eigenvalue weighted by Crippen LogP contribution is -2.48. The maximum absolute atomic E-state index is 13.5. The van der Waals surface area contributed by atoms with Crippen LogP contribution < -0.4 is 19.1 Å². The highest BCUT2D eigenvalue weighted by molar-refractivity contribution is 7.92. The number of halogens is 1. The molecule has 1 atom stereocenters. The Kier molecular flexibility index (Phi) is 6.23. The molecule has 3 aromatic carbocycles. The lowest BCUT2D eigenvalue weighted by molar-refractivity contribution is -0.122. The molecule has 7 nitrogen and oxygen atoms in total. The van der Waals surface area contributed by atoms with Crippen molar-refractivity contribution in [2.24, 2.45) is 0 Å². The minimum atomic E-state index is -3.97. The Labute approximate surface area is 197 Å². The molecule has 1 heterocycles. The summed E-state index contributed by atoms with van der Waals surface area (Å²) in [6.07, 6.45) is -1.06. The molecule has 0 aliphatic carbocycles. The third-order valence-electron chi connectivity index (χ3n) is 5.38. The Balaban J connectivity index is 1.70. The lowest BCUT2D eigenvalue weighted by atomic mass is 10.1. The van der Waals surface area contributed by atoms with E-state index in [2.05, 4.69) is 5.32 Å². The van der Waals surface area contributed by atoms with E-state index in [1.807, 2.05) is 13.8 Å². The first-order valence-electron chi connectivity index (χ1n) is 10.2. The van der Waals surface area contributed by atoms with E-state index in [0.29, 0.717) is 27.9 Å². The number of rotatable bonds is 5. The average Bonchev–Trinajstić information content (AvgIpc) is 2.80. The molecule has 0 aromatic heterocycles. The van der Waals surface area contributed by atoms with Gasteiger partial charge < -0.3 is 14.8 Å². The van der Waals surface area contributed by atoms with Gasteiger partial charge in [-0.1, -0.05) is 23.7 Å². The third-order valence-corrected chi connectivity index (χ3v) is 7.41. The number of aryl methyl sites for hydroxylation is 2. The van der Waals surface area contributed by atoms with Gasteiger partial charge in [0.05, 0.1) is 24.2 Å². The number of nitrogens with one attached hydrogen (secondary N) is 1. The van der Waals surface area contributed by atoms with E-state index in [1.54, 1.807) is 48.5 Å². The number of hydrogen-bond donors (Lipinski definition) is 1. The van der Waals surface area contributed by atoms with Gasteiger partial charge in [0.1, 0.15) is 11.5 Å². The monoisotopic (exact) mass is 486 g/mol. The van der Waals surface area contributed by atoms with Crippen molar-refractivity contribution in [2.45, 2.75) is 24.8 Å². The fourth-order valence-electron chi connectivity index (χ4n) is 3.54. The zero-order valence-corrected chi connectivity index (χ0v) is 19.9. The Morgan fingerprint density at radius 2 is 1.82 bits per heavy atom. The molecule has 0 radical (unpaired) electrons. The van der Waals surface area contributed by atoms with Crippen molar-refractivity contribution in [1.82, 2.24) is 0 Å². The van der Waals surface area contributed by atoms with E-state index in [0.717, 1.165) is 11.1 Å². The average molecular weight is 487 g/mol. The van der Waals surface area contributed by atoms with Crippen LogP contribution in [0.2, 0.25) is 5.02 Å². The van der Waals surface area contributed by atoms with Gasteiger partial charge >= 0.3 is 0 Å². The van der Waals surface area contributed by atoms with Crippen LogP contribution in [-0.4, -0.2) is 34.1 Å². The van der Waals surface area contributed by atoms with Crippen LogP contribution in [0, 0.1) is 13.8 Å². The highest BCUT2D eigenvalue weighted by Gasteiger charge is 2.37. The number of ether oxygens (including phenoxy) is 2. The van der Waals surface area contributed by atoms with Crippen molar-refractivity contribution >= 4 is 38.9 Å². The number of methoxy groups -OCH3 is 1. The van der Waals surface area contributed by atoms with Crippen LogP contribution in [0.1, 0.15) is 11.1 Å². The van der Waals surface area contributed by atoms with Crippen molar-refractivity contribution in [3.63, 3.8) is 0 Å². The molecule has 172 valence electrons.